The lowest BCUT2D eigenvalue weighted by Crippen LogP contribution is -2.57. The summed E-state index contributed by atoms with van der Waals surface area (Å²) in [5.41, 5.74) is -0.335. The number of nitrogens with one attached hydrogen (secondary N) is 1. The SMILES string of the molecule is CCC(C)(CO)NC1CCC1C(=O)O. The molecule has 0 radical (unpaired) electrons. The van der Waals surface area contributed by atoms with E-state index in [0.717, 1.165) is 19.3 Å². The molecule has 0 heterocycles. The van der Waals surface area contributed by atoms with Crippen LogP contribution in [0.15, 0.2) is 0 Å². The summed E-state index contributed by atoms with van der Waals surface area (Å²) >= 11 is 0. The van der Waals surface area contributed by atoms with Gasteiger partial charge in [-0.15, -0.1) is 0 Å². The minimum atomic E-state index is -0.731. The van der Waals surface area contributed by atoms with Gasteiger partial charge in [-0.05, 0) is 26.2 Å². The Balaban J connectivity index is 2.48. The van der Waals surface area contributed by atoms with Crippen LogP contribution < -0.4 is 5.32 Å². The number of aliphatic hydroxyl groups is 1. The summed E-state index contributed by atoms with van der Waals surface area (Å²) in [6.45, 7) is 3.95. The van der Waals surface area contributed by atoms with E-state index < -0.39 is 5.97 Å². The van der Waals surface area contributed by atoms with Crippen molar-refractivity contribution >= 4 is 5.97 Å². The van der Waals surface area contributed by atoms with Gasteiger partial charge in [-0.25, -0.2) is 0 Å². The Morgan fingerprint density at radius 3 is 2.50 bits per heavy atom. The zero-order chi connectivity index (χ0) is 10.8. The number of aliphatic hydroxyl groups excluding tert-OH is 1. The minimum absolute atomic E-state index is 0.0320. The van der Waals surface area contributed by atoms with Crippen LogP contribution >= 0.6 is 0 Å². The first kappa shape index (κ1) is 11.5. The van der Waals surface area contributed by atoms with Crippen LogP contribution in [0.1, 0.15) is 33.1 Å². The van der Waals surface area contributed by atoms with Crippen LogP contribution in [0, 0.1) is 5.92 Å². The smallest absolute Gasteiger partial charge is 0.308 e. The van der Waals surface area contributed by atoms with Crippen LogP contribution in [0.5, 0.6) is 0 Å². The van der Waals surface area contributed by atoms with Gasteiger partial charge in [0.25, 0.3) is 0 Å². The van der Waals surface area contributed by atoms with E-state index in [1.54, 1.807) is 0 Å². The van der Waals surface area contributed by atoms with Crippen LogP contribution in [0.3, 0.4) is 0 Å². The lowest BCUT2D eigenvalue weighted by molar-refractivity contribution is -0.146. The monoisotopic (exact) mass is 201 g/mol. The lowest BCUT2D eigenvalue weighted by Gasteiger charge is -2.41. The van der Waals surface area contributed by atoms with E-state index in [0.29, 0.717) is 0 Å². The van der Waals surface area contributed by atoms with Gasteiger partial charge >= 0.3 is 5.97 Å². The maximum absolute atomic E-state index is 10.8. The second-order valence-electron chi connectivity index (χ2n) is 4.35. The number of carboxylic acids is 1. The van der Waals surface area contributed by atoms with E-state index in [-0.39, 0.29) is 24.1 Å². The Morgan fingerprint density at radius 2 is 2.21 bits per heavy atom. The molecule has 1 aliphatic rings. The first-order valence-corrected chi connectivity index (χ1v) is 5.14. The molecule has 1 rings (SSSR count). The first-order valence-electron chi connectivity index (χ1n) is 5.14. The third-order valence-electron chi connectivity index (χ3n) is 3.25. The molecule has 3 N–H and O–H groups in total. The molecule has 4 nitrogen and oxygen atoms in total. The average molecular weight is 201 g/mol. The predicted octanol–water partition coefficient (Wildman–Crippen LogP) is 0.600. The molecule has 0 saturated heterocycles. The zero-order valence-corrected chi connectivity index (χ0v) is 8.79. The fourth-order valence-electron chi connectivity index (χ4n) is 1.68. The molecule has 0 aromatic carbocycles. The van der Waals surface area contributed by atoms with Crippen molar-refractivity contribution in [1.29, 1.82) is 0 Å². The maximum Gasteiger partial charge on any atom is 0.308 e. The minimum Gasteiger partial charge on any atom is -0.481 e. The lowest BCUT2D eigenvalue weighted by atomic mass is 9.78. The molecule has 4 heteroatoms. The Hall–Kier alpha value is -0.610. The normalized spacial score (nSPS) is 30.5. The van der Waals surface area contributed by atoms with Gasteiger partial charge in [-0.3, -0.25) is 4.79 Å². The molecule has 0 aromatic heterocycles. The van der Waals surface area contributed by atoms with E-state index in [2.05, 4.69) is 5.32 Å². The molecule has 82 valence electrons. The summed E-state index contributed by atoms with van der Waals surface area (Å²) in [4.78, 5) is 10.8. The molecular formula is C10H19NO3. The van der Waals surface area contributed by atoms with Gasteiger partial charge < -0.3 is 15.5 Å². The van der Waals surface area contributed by atoms with Gasteiger partial charge in [0.1, 0.15) is 0 Å². The van der Waals surface area contributed by atoms with Gasteiger partial charge in [0, 0.05) is 11.6 Å². The van der Waals surface area contributed by atoms with Crippen molar-refractivity contribution in [3.8, 4) is 0 Å². The molecule has 0 amide bonds. The van der Waals surface area contributed by atoms with Crippen LogP contribution in [0.25, 0.3) is 0 Å². The third-order valence-corrected chi connectivity index (χ3v) is 3.25. The van der Waals surface area contributed by atoms with Crippen molar-refractivity contribution in [3.63, 3.8) is 0 Å². The topological polar surface area (TPSA) is 69.6 Å². The van der Waals surface area contributed by atoms with Crippen LogP contribution in [0.4, 0.5) is 0 Å². The standard InChI is InChI=1S/C10H19NO3/c1-3-10(2,6-12)11-8-5-4-7(8)9(13)14/h7-8,11-12H,3-6H2,1-2H3,(H,13,14). The largest absolute Gasteiger partial charge is 0.481 e. The van der Waals surface area contributed by atoms with Crippen molar-refractivity contribution in [2.75, 3.05) is 6.61 Å². The van der Waals surface area contributed by atoms with Gasteiger partial charge in [0.05, 0.1) is 12.5 Å². The molecule has 0 aromatic rings. The van der Waals surface area contributed by atoms with Crippen molar-refractivity contribution in [2.45, 2.75) is 44.7 Å². The van der Waals surface area contributed by atoms with Gasteiger partial charge in [0.2, 0.25) is 0 Å². The van der Waals surface area contributed by atoms with Crippen molar-refractivity contribution in [1.82, 2.24) is 5.32 Å². The summed E-state index contributed by atoms with van der Waals surface area (Å²) in [7, 11) is 0. The van der Waals surface area contributed by atoms with Crippen LogP contribution in [0.2, 0.25) is 0 Å². The molecular weight excluding hydrogens is 182 g/mol. The van der Waals surface area contributed by atoms with Crippen molar-refractivity contribution in [2.24, 2.45) is 5.92 Å². The Kier molecular flexibility index (Phi) is 3.50. The highest BCUT2D eigenvalue weighted by Gasteiger charge is 2.39. The average Bonchev–Trinajstić information content (AvgIpc) is 2.11. The molecule has 3 atom stereocenters. The predicted molar refractivity (Wildman–Crippen MR) is 53.1 cm³/mol. The molecule has 1 aliphatic carbocycles. The van der Waals surface area contributed by atoms with Gasteiger partial charge in [-0.2, -0.15) is 0 Å². The number of hydrogen-bond donors (Lipinski definition) is 3. The second-order valence-corrected chi connectivity index (χ2v) is 4.35. The van der Waals surface area contributed by atoms with E-state index in [4.69, 9.17) is 10.2 Å². The Bertz CT molecular complexity index is 213. The van der Waals surface area contributed by atoms with Crippen LogP contribution in [-0.2, 0) is 4.79 Å². The Labute approximate surface area is 84.3 Å². The van der Waals surface area contributed by atoms with E-state index in [9.17, 15) is 4.79 Å². The summed E-state index contributed by atoms with van der Waals surface area (Å²) in [5, 5.41) is 21.2. The van der Waals surface area contributed by atoms with Gasteiger partial charge in [0.15, 0.2) is 0 Å². The number of rotatable bonds is 5. The van der Waals surface area contributed by atoms with Gasteiger partial charge in [-0.1, -0.05) is 6.92 Å². The number of carbonyl (C=O) groups is 1. The second kappa shape index (κ2) is 4.28. The van der Waals surface area contributed by atoms with Crippen molar-refractivity contribution in [3.05, 3.63) is 0 Å². The van der Waals surface area contributed by atoms with E-state index in [1.165, 1.54) is 0 Å². The summed E-state index contributed by atoms with van der Waals surface area (Å²) < 4.78 is 0. The van der Waals surface area contributed by atoms with Crippen molar-refractivity contribution < 1.29 is 15.0 Å². The van der Waals surface area contributed by atoms with Crippen LogP contribution in [-0.4, -0.2) is 34.4 Å². The highest BCUT2D eigenvalue weighted by atomic mass is 16.4. The molecule has 3 unspecified atom stereocenters. The summed E-state index contributed by atoms with van der Waals surface area (Å²) in [5.74, 6) is -1.00. The highest BCUT2D eigenvalue weighted by molar-refractivity contribution is 5.72. The molecule has 1 saturated carbocycles. The number of hydrogen-bond acceptors (Lipinski definition) is 3. The fourth-order valence-corrected chi connectivity index (χ4v) is 1.68. The third kappa shape index (κ3) is 2.25. The molecule has 0 bridgehead atoms. The quantitative estimate of drug-likeness (QED) is 0.609. The molecule has 14 heavy (non-hydrogen) atoms. The molecule has 0 aliphatic heterocycles. The maximum atomic E-state index is 10.8. The fraction of sp³-hybridized carbons (Fsp3) is 0.900. The number of aliphatic carboxylic acids is 1. The Morgan fingerprint density at radius 1 is 1.57 bits per heavy atom. The van der Waals surface area contributed by atoms with E-state index in [1.807, 2.05) is 13.8 Å². The summed E-state index contributed by atoms with van der Waals surface area (Å²) in [6.07, 6.45) is 2.44. The van der Waals surface area contributed by atoms with E-state index >= 15 is 0 Å². The highest BCUT2D eigenvalue weighted by Crippen LogP contribution is 2.29. The first-order chi connectivity index (χ1) is 6.52. The zero-order valence-electron chi connectivity index (χ0n) is 8.79. The number of carboxylic acid groups (broad SMARTS) is 1. The molecule has 1 fully saturated rings. The molecule has 0 spiro atoms. The summed E-state index contributed by atoms with van der Waals surface area (Å²) in [6, 6.07) is 0.0320.